The highest BCUT2D eigenvalue weighted by Gasteiger charge is 2.42. The molecule has 0 amide bonds. The second kappa shape index (κ2) is 8.46. The Kier molecular flexibility index (Phi) is 5.35. The zero-order valence-electron chi connectivity index (χ0n) is 18.4. The lowest BCUT2D eigenvalue weighted by Gasteiger charge is -2.38. The third-order valence-electron chi connectivity index (χ3n) is 5.88. The van der Waals surface area contributed by atoms with Crippen molar-refractivity contribution in [2.24, 2.45) is 5.10 Å². The van der Waals surface area contributed by atoms with E-state index in [2.05, 4.69) is 23.2 Å². The summed E-state index contributed by atoms with van der Waals surface area (Å²) in [6.07, 6.45) is 0.386. The smallest absolute Gasteiger partial charge is 0.214 e. The molecule has 0 unspecified atom stereocenters. The maximum Gasteiger partial charge on any atom is 0.214 e. The van der Waals surface area contributed by atoms with E-state index in [1.54, 1.807) is 14.2 Å². The summed E-state index contributed by atoms with van der Waals surface area (Å²) in [4.78, 5) is 0. The van der Waals surface area contributed by atoms with Gasteiger partial charge in [0.2, 0.25) is 6.23 Å². The lowest BCUT2D eigenvalue weighted by molar-refractivity contribution is -0.0210. The van der Waals surface area contributed by atoms with Crippen LogP contribution in [0.1, 0.15) is 42.3 Å². The maximum atomic E-state index is 6.51. The molecule has 0 spiro atoms. The third-order valence-corrected chi connectivity index (χ3v) is 5.88. The average Bonchev–Trinajstić information content (AvgIpc) is 3.29. The summed E-state index contributed by atoms with van der Waals surface area (Å²) in [5.74, 6) is 3.14. The minimum Gasteiger partial charge on any atom is -0.497 e. The molecule has 0 bridgehead atoms. The van der Waals surface area contributed by atoms with Crippen LogP contribution in [0.4, 0.5) is 0 Å². The zero-order valence-corrected chi connectivity index (χ0v) is 18.4. The number of fused-ring (bicyclic) bond motifs is 3. The van der Waals surface area contributed by atoms with Gasteiger partial charge in [-0.1, -0.05) is 24.3 Å². The van der Waals surface area contributed by atoms with E-state index in [-0.39, 0.29) is 12.3 Å². The first-order valence-corrected chi connectivity index (χ1v) is 10.8. The molecule has 32 heavy (non-hydrogen) atoms. The van der Waals surface area contributed by atoms with Crippen molar-refractivity contribution in [3.05, 3.63) is 83.4 Å². The van der Waals surface area contributed by atoms with Crippen LogP contribution in [0.3, 0.4) is 0 Å². The first-order chi connectivity index (χ1) is 15.7. The summed E-state index contributed by atoms with van der Waals surface area (Å²) in [5.41, 5.74) is 4.15. The molecule has 2 aliphatic rings. The fourth-order valence-electron chi connectivity index (χ4n) is 4.34. The van der Waals surface area contributed by atoms with Gasteiger partial charge in [-0.3, -0.25) is 0 Å². The number of hydrazone groups is 1. The number of hydrogen-bond donors (Lipinski definition) is 0. The summed E-state index contributed by atoms with van der Waals surface area (Å²) < 4.78 is 23.2. The van der Waals surface area contributed by atoms with Gasteiger partial charge in [0.1, 0.15) is 11.5 Å². The van der Waals surface area contributed by atoms with Gasteiger partial charge in [0, 0.05) is 17.5 Å². The Morgan fingerprint density at radius 3 is 2.53 bits per heavy atom. The fraction of sp³-hybridized carbons (Fsp3) is 0.269. The van der Waals surface area contributed by atoms with Crippen molar-refractivity contribution < 1.29 is 18.9 Å². The lowest BCUT2D eigenvalue weighted by atomic mass is 9.95. The largest absolute Gasteiger partial charge is 0.497 e. The summed E-state index contributed by atoms with van der Waals surface area (Å²) >= 11 is 0. The minimum atomic E-state index is -0.390. The van der Waals surface area contributed by atoms with E-state index >= 15 is 0 Å². The molecule has 0 fully saturated rings. The van der Waals surface area contributed by atoms with Gasteiger partial charge in [0.25, 0.3) is 0 Å². The number of ether oxygens (including phenoxy) is 4. The molecule has 2 heterocycles. The van der Waals surface area contributed by atoms with E-state index in [0.717, 1.165) is 51.8 Å². The first kappa shape index (κ1) is 20.2. The number of rotatable bonds is 6. The van der Waals surface area contributed by atoms with Crippen LogP contribution in [-0.2, 0) is 0 Å². The Hall–Kier alpha value is -3.67. The van der Waals surface area contributed by atoms with E-state index in [9.17, 15) is 0 Å². The molecule has 164 valence electrons. The molecule has 0 radical (unpaired) electrons. The third kappa shape index (κ3) is 3.51. The molecule has 6 heteroatoms. The van der Waals surface area contributed by atoms with Crippen LogP contribution in [0, 0.1) is 0 Å². The van der Waals surface area contributed by atoms with E-state index in [0.29, 0.717) is 6.61 Å². The van der Waals surface area contributed by atoms with Crippen molar-refractivity contribution in [2.75, 3.05) is 20.8 Å². The van der Waals surface area contributed by atoms with E-state index in [4.69, 9.17) is 24.0 Å². The maximum absolute atomic E-state index is 6.51. The van der Waals surface area contributed by atoms with Crippen LogP contribution in [-0.4, -0.2) is 31.5 Å². The van der Waals surface area contributed by atoms with Gasteiger partial charge in [0.15, 0.2) is 11.5 Å². The van der Waals surface area contributed by atoms with Crippen LogP contribution in [0.25, 0.3) is 0 Å². The topological polar surface area (TPSA) is 52.5 Å². The molecular weight excluding hydrogens is 404 g/mol. The minimum absolute atomic E-state index is 0.0478. The van der Waals surface area contributed by atoms with E-state index < -0.39 is 0 Å². The molecular formula is C26H26N2O4. The van der Waals surface area contributed by atoms with Crippen molar-refractivity contribution >= 4 is 5.71 Å². The van der Waals surface area contributed by atoms with Crippen molar-refractivity contribution in [3.63, 3.8) is 0 Å². The van der Waals surface area contributed by atoms with Crippen molar-refractivity contribution in [1.29, 1.82) is 0 Å². The van der Waals surface area contributed by atoms with Gasteiger partial charge >= 0.3 is 0 Å². The van der Waals surface area contributed by atoms with Gasteiger partial charge in [-0.05, 0) is 55.0 Å². The van der Waals surface area contributed by atoms with Crippen molar-refractivity contribution in [2.45, 2.75) is 25.6 Å². The summed E-state index contributed by atoms with van der Waals surface area (Å²) in [6.45, 7) is 2.63. The van der Waals surface area contributed by atoms with Gasteiger partial charge in [-0.15, -0.1) is 0 Å². The SMILES string of the molecule is CCOc1ccc(C2=NN3[C@H](C2)c2cccc(OC)c2O[C@@H]3c2cccc(OC)c2)cc1. The molecule has 0 N–H and O–H groups in total. The number of benzene rings is 3. The second-order valence-corrected chi connectivity index (χ2v) is 7.73. The highest BCUT2D eigenvalue weighted by Crippen LogP contribution is 2.50. The fourth-order valence-corrected chi connectivity index (χ4v) is 4.34. The Morgan fingerprint density at radius 1 is 0.969 bits per heavy atom. The Labute approximate surface area is 188 Å². The van der Waals surface area contributed by atoms with Crippen molar-refractivity contribution in [3.8, 4) is 23.0 Å². The monoisotopic (exact) mass is 430 g/mol. The Morgan fingerprint density at radius 2 is 1.78 bits per heavy atom. The normalized spacial score (nSPS) is 18.8. The molecule has 3 aromatic carbocycles. The molecule has 0 aliphatic carbocycles. The van der Waals surface area contributed by atoms with Gasteiger partial charge in [0.05, 0.1) is 32.6 Å². The highest BCUT2D eigenvalue weighted by molar-refractivity contribution is 6.02. The van der Waals surface area contributed by atoms with Crippen LogP contribution in [0.5, 0.6) is 23.0 Å². The molecule has 5 rings (SSSR count). The zero-order chi connectivity index (χ0) is 22.1. The average molecular weight is 431 g/mol. The first-order valence-electron chi connectivity index (χ1n) is 10.8. The summed E-state index contributed by atoms with van der Waals surface area (Å²) in [7, 11) is 3.34. The predicted molar refractivity (Wildman–Crippen MR) is 123 cm³/mol. The molecule has 6 nitrogen and oxygen atoms in total. The number of methoxy groups -OCH3 is 2. The number of hydrogen-bond acceptors (Lipinski definition) is 6. The van der Waals surface area contributed by atoms with E-state index in [1.165, 1.54) is 0 Å². The van der Waals surface area contributed by atoms with Crippen LogP contribution in [0.15, 0.2) is 71.8 Å². The van der Waals surface area contributed by atoms with Gasteiger partial charge < -0.3 is 18.9 Å². The number of nitrogens with zero attached hydrogens (tertiary/aromatic N) is 2. The molecule has 2 aliphatic heterocycles. The standard InChI is InChI=1S/C26H26N2O4/c1-4-31-19-13-11-17(12-14-19)22-16-23-21-9-6-10-24(30-3)25(21)32-26(28(23)27-22)18-7-5-8-20(15-18)29-2/h5-15,23,26H,4,16H2,1-3H3/t23-,26-/m1/s1. The molecule has 2 atom stereocenters. The molecule has 3 aromatic rings. The molecule has 0 saturated carbocycles. The van der Waals surface area contributed by atoms with Crippen LogP contribution < -0.4 is 18.9 Å². The molecule has 0 aromatic heterocycles. The number of para-hydroxylation sites is 1. The molecule has 0 saturated heterocycles. The van der Waals surface area contributed by atoms with Crippen molar-refractivity contribution in [1.82, 2.24) is 5.01 Å². The van der Waals surface area contributed by atoms with Gasteiger partial charge in [-0.25, -0.2) is 5.01 Å². The van der Waals surface area contributed by atoms with E-state index in [1.807, 2.05) is 55.5 Å². The quantitative estimate of drug-likeness (QED) is 0.528. The van der Waals surface area contributed by atoms with Crippen LogP contribution >= 0.6 is 0 Å². The Bertz CT molecular complexity index is 1140. The predicted octanol–water partition coefficient (Wildman–Crippen LogP) is 5.34. The summed E-state index contributed by atoms with van der Waals surface area (Å²) in [6, 6.07) is 22.1. The summed E-state index contributed by atoms with van der Waals surface area (Å²) in [5, 5.41) is 7.08. The van der Waals surface area contributed by atoms with Crippen LogP contribution in [0.2, 0.25) is 0 Å². The lowest BCUT2D eigenvalue weighted by Crippen LogP contribution is -2.33. The van der Waals surface area contributed by atoms with Gasteiger partial charge in [-0.2, -0.15) is 5.10 Å². The Balaban J connectivity index is 1.56. The second-order valence-electron chi connectivity index (χ2n) is 7.73. The highest BCUT2D eigenvalue weighted by atomic mass is 16.5.